The monoisotopic (exact) mass is 536 g/mol. The summed E-state index contributed by atoms with van der Waals surface area (Å²) in [4.78, 5) is 66.4. The second kappa shape index (κ2) is 11.3. The minimum atomic E-state index is -1.14. The van der Waals surface area contributed by atoms with Crippen LogP contribution in [0.3, 0.4) is 0 Å². The van der Waals surface area contributed by atoms with Crippen LogP contribution in [0.5, 0.6) is 0 Å². The molecule has 39 heavy (non-hydrogen) atoms. The molecule has 0 spiro atoms. The third kappa shape index (κ3) is 5.26. The molecule has 2 atom stereocenters. The summed E-state index contributed by atoms with van der Waals surface area (Å²) in [7, 11) is 0. The Balaban J connectivity index is 1.58. The number of amides is 4. The maximum atomic E-state index is 13.9. The third-order valence-electron chi connectivity index (χ3n) is 7.74. The second-order valence-electron chi connectivity index (χ2n) is 10.6. The Morgan fingerprint density at radius 3 is 2.44 bits per heavy atom. The molecule has 4 rings (SSSR count). The van der Waals surface area contributed by atoms with Crippen molar-refractivity contribution in [3.8, 4) is 0 Å². The number of hydroxylamine groups is 1. The van der Waals surface area contributed by atoms with E-state index in [1.807, 2.05) is 44.2 Å². The first-order chi connectivity index (χ1) is 18.6. The number of fused-ring (bicyclic) bond motifs is 1. The topological polar surface area (TPSA) is 150 Å². The maximum absolute atomic E-state index is 13.9. The fraction of sp³-hybridized carbons (Fsp3) is 0.429. The summed E-state index contributed by atoms with van der Waals surface area (Å²) in [6, 6.07) is 13.6. The van der Waals surface area contributed by atoms with Gasteiger partial charge in [0.05, 0.1) is 21.8 Å². The summed E-state index contributed by atoms with van der Waals surface area (Å²) in [5, 5.41) is 21.1. The van der Waals surface area contributed by atoms with Gasteiger partial charge in [-0.15, -0.1) is 0 Å². The van der Waals surface area contributed by atoms with Gasteiger partial charge in [-0.25, -0.2) is 5.48 Å². The Kier molecular flexibility index (Phi) is 8.10. The number of carbonyl (C=O) groups is 4. The van der Waals surface area contributed by atoms with Crippen molar-refractivity contribution < 1.29 is 29.3 Å². The van der Waals surface area contributed by atoms with Gasteiger partial charge in [0.2, 0.25) is 11.8 Å². The molecular formula is C28H32N4O7. The lowest BCUT2D eigenvalue weighted by molar-refractivity contribution is -0.385. The molecule has 4 amide bonds. The van der Waals surface area contributed by atoms with Gasteiger partial charge in [0.25, 0.3) is 17.5 Å². The number of hydrogen-bond donors (Lipinski definition) is 2. The molecule has 2 aromatic carbocycles. The quantitative estimate of drug-likeness (QED) is 0.194. The van der Waals surface area contributed by atoms with E-state index < -0.39 is 39.7 Å². The molecular weight excluding hydrogens is 504 g/mol. The number of nitrogens with one attached hydrogen (secondary N) is 1. The highest BCUT2D eigenvalue weighted by atomic mass is 16.6. The molecule has 2 N–H and O–H groups in total. The van der Waals surface area contributed by atoms with Crippen LogP contribution in [0.4, 0.5) is 5.69 Å². The van der Waals surface area contributed by atoms with E-state index in [-0.39, 0.29) is 35.9 Å². The number of likely N-dealkylation sites (tertiary alicyclic amines) is 1. The van der Waals surface area contributed by atoms with E-state index in [9.17, 15) is 34.5 Å². The number of nitro benzene ring substituents is 1. The van der Waals surface area contributed by atoms with Gasteiger partial charge >= 0.3 is 0 Å². The largest absolute Gasteiger partial charge is 0.342 e. The maximum Gasteiger partial charge on any atom is 0.282 e. The highest BCUT2D eigenvalue weighted by Gasteiger charge is 2.54. The summed E-state index contributed by atoms with van der Waals surface area (Å²) in [5.74, 6) is -3.46. The lowest BCUT2D eigenvalue weighted by Gasteiger charge is -2.36. The van der Waals surface area contributed by atoms with Crippen LogP contribution in [0.1, 0.15) is 59.4 Å². The molecule has 206 valence electrons. The first kappa shape index (κ1) is 27.9. The number of benzene rings is 2. The normalized spacial score (nSPS) is 19.5. The predicted molar refractivity (Wildman–Crippen MR) is 140 cm³/mol. The zero-order chi connectivity index (χ0) is 28.3. The van der Waals surface area contributed by atoms with Crippen molar-refractivity contribution >= 4 is 29.3 Å². The molecule has 2 aliphatic heterocycles. The molecule has 2 heterocycles. The van der Waals surface area contributed by atoms with Crippen LogP contribution in [0.25, 0.3) is 0 Å². The Bertz CT molecular complexity index is 1300. The number of rotatable bonds is 11. The summed E-state index contributed by atoms with van der Waals surface area (Å²) >= 11 is 0. The fourth-order valence-electron chi connectivity index (χ4n) is 6.03. The van der Waals surface area contributed by atoms with Gasteiger partial charge in [0.15, 0.2) is 0 Å². The molecule has 11 heteroatoms. The van der Waals surface area contributed by atoms with E-state index in [1.165, 1.54) is 12.1 Å². The SMILES string of the molecule is CC(C)CC1(C(CCN2C(=O)c3cccc([N+](=O)[O-])c3C2=O)C(=O)NO)CCN(CCc2ccccc2)C1=O. The van der Waals surface area contributed by atoms with Crippen molar-refractivity contribution in [2.45, 2.75) is 39.5 Å². The molecule has 0 aromatic heterocycles. The average molecular weight is 537 g/mol. The van der Waals surface area contributed by atoms with Gasteiger partial charge in [0.1, 0.15) is 5.56 Å². The summed E-state index contributed by atoms with van der Waals surface area (Å²) in [5.41, 5.74) is 0.812. The molecule has 2 aromatic rings. The van der Waals surface area contributed by atoms with Crippen LogP contribution in [-0.4, -0.2) is 63.2 Å². The molecule has 0 aliphatic carbocycles. The summed E-state index contributed by atoms with van der Waals surface area (Å²) in [6.07, 6.45) is 1.31. The van der Waals surface area contributed by atoms with Crippen LogP contribution in [0, 0.1) is 27.4 Å². The van der Waals surface area contributed by atoms with Crippen LogP contribution in [0.15, 0.2) is 48.5 Å². The lowest BCUT2D eigenvalue weighted by Crippen LogP contribution is -2.48. The van der Waals surface area contributed by atoms with Crippen molar-refractivity contribution in [3.63, 3.8) is 0 Å². The minimum Gasteiger partial charge on any atom is -0.342 e. The number of hydrogen-bond acceptors (Lipinski definition) is 7. The smallest absolute Gasteiger partial charge is 0.282 e. The van der Waals surface area contributed by atoms with Crippen molar-refractivity contribution in [2.75, 3.05) is 19.6 Å². The molecule has 11 nitrogen and oxygen atoms in total. The van der Waals surface area contributed by atoms with Gasteiger partial charge in [-0.3, -0.25) is 39.4 Å². The third-order valence-corrected chi connectivity index (χ3v) is 7.74. The number of nitrogens with zero attached hydrogens (tertiary/aromatic N) is 3. The first-order valence-electron chi connectivity index (χ1n) is 13.0. The Hall–Kier alpha value is -4.12. The Morgan fingerprint density at radius 1 is 1.08 bits per heavy atom. The minimum absolute atomic E-state index is 0.0407. The van der Waals surface area contributed by atoms with E-state index in [4.69, 9.17) is 0 Å². The van der Waals surface area contributed by atoms with Gasteiger partial charge < -0.3 is 4.90 Å². The van der Waals surface area contributed by atoms with Gasteiger partial charge in [0, 0.05) is 25.7 Å². The standard InChI is InChI=1S/C28H32N4O7/c1-18(2)17-28(13-16-30(27(28)36)14-11-19-7-4-3-5-8-19)21(24(33)29-37)12-15-31-25(34)20-9-6-10-22(32(38)39)23(20)26(31)35/h3-10,18,21,37H,11-17H2,1-2H3,(H,29,33). The van der Waals surface area contributed by atoms with Crippen LogP contribution < -0.4 is 5.48 Å². The van der Waals surface area contributed by atoms with E-state index in [0.717, 1.165) is 16.5 Å². The zero-order valence-corrected chi connectivity index (χ0v) is 22.0. The Morgan fingerprint density at radius 2 is 1.79 bits per heavy atom. The lowest BCUT2D eigenvalue weighted by atomic mass is 9.67. The fourth-order valence-corrected chi connectivity index (χ4v) is 6.03. The number of imide groups is 1. The second-order valence-corrected chi connectivity index (χ2v) is 10.6. The molecule has 2 unspecified atom stereocenters. The van der Waals surface area contributed by atoms with E-state index in [1.54, 1.807) is 10.4 Å². The van der Waals surface area contributed by atoms with Crippen molar-refractivity contribution in [2.24, 2.45) is 17.3 Å². The summed E-state index contributed by atoms with van der Waals surface area (Å²) in [6.45, 7) is 4.56. The van der Waals surface area contributed by atoms with E-state index >= 15 is 0 Å². The highest BCUT2D eigenvalue weighted by molar-refractivity contribution is 6.23. The van der Waals surface area contributed by atoms with E-state index in [2.05, 4.69) is 0 Å². The van der Waals surface area contributed by atoms with Crippen molar-refractivity contribution in [3.05, 3.63) is 75.3 Å². The van der Waals surface area contributed by atoms with Crippen LogP contribution in [-0.2, 0) is 16.0 Å². The van der Waals surface area contributed by atoms with E-state index in [0.29, 0.717) is 32.4 Å². The molecule has 0 saturated carbocycles. The zero-order valence-electron chi connectivity index (χ0n) is 22.0. The highest BCUT2D eigenvalue weighted by Crippen LogP contribution is 2.46. The van der Waals surface area contributed by atoms with Crippen LogP contribution in [0.2, 0.25) is 0 Å². The average Bonchev–Trinajstić information content (AvgIpc) is 3.36. The van der Waals surface area contributed by atoms with Gasteiger partial charge in [-0.2, -0.15) is 0 Å². The number of nitro groups is 1. The number of carbonyl (C=O) groups excluding carboxylic acids is 4. The first-order valence-corrected chi connectivity index (χ1v) is 13.0. The summed E-state index contributed by atoms with van der Waals surface area (Å²) < 4.78 is 0. The molecule has 2 aliphatic rings. The van der Waals surface area contributed by atoms with Gasteiger partial charge in [-0.1, -0.05) is 50.2 Å². The molecule has 0 bridgehead atoms. The molecule has 1 fully saturated rings. The van der Waals surface area contributed by atoms with Crippen molar-refractivity contribution in [1.29, 1.82) is 0 Å². The van der Waals surface area contributed by atoms with Crippen molar-refractivity contribution in [1.82, 2.24) is 15.3 Å². The Labute approximate surface area is 225 Å². The van der Waals surface area contributed by atoms with Crippen LogP contribution >= 0.6 is 0 Å². The molecule has 0 radical (unpaired) electrons. The predicted octanol–water partition coefficient (Wildman–Crippen LogP) is 3.21. The molecule has 1 saturated heterocycles. The van der Waals surface area contributed by atoms with Gasteiger partial charge in [-0.05, 0) is 43.2 Å².